The van der Waals surface area contributed by atoms with Crippen LogP contribution in [0.25, 0.3) is 0 Å². The Bertz CT molecular complexity index is 319. The van der Waals surface area contributed by atoms with Crippen molar-refractivity contribution in [3.05, 3.63) is 35.4 Å². The standard InChI is InChI=1S/C12H17NO2/c1-3-9-4-6-10(7-5-9)8-11(13)12(14)15-2/h4-7,11H,3,8,13H2,1-2H3/t11-/m1/s1. The molecule has 15 heavy (non-hydrogen) atoms. The highest BCUT2D eigenvalue weighted by Crippen LogP contribution is 2.07. The van der Waals surface area contributed by atoms with Gasteiger partial charge in [0.25, 0.3) is 0 Å². The number of nitrogens with two attached hydrogens (primary N) is 1. The summed E-state index contributed by atoms with van der Waals surface area (Å²) in [5.41, 5.74) is 8.00. The zero-order valence-electron chi connectivity index (χ0n) is 9.19. The third-order valence-electron chi connectivity index (χ3n) is 2.39. The molecule has 0 unspecified atom stereocenters. The topological polar surface area (TPSA) is 52.3 Å². The van der Waals surface area contributed by atoms with Crippen molar-refractivity contribution in [2.24, 2.45) is 5.73 Å². The second-order valence-corrected chi connectivity index (χ2v) is 3.50. The Labute approximate surface area is 90.2 Å². The predicted octanol–water partition coefficient (Wildman–Crippen LogP) is 1.29. The van der Waals surface area contributed by atoms with Crippen molar-refractivity contribution in [2.75, 3.05) is 7.11 Å². The van der Waals surface area contributed by atoms with Gasteiger partial charge in [-0.1, -0.05) is 31.2 Å². The van der Waals surface area contributed by atoms with Crippen LogP contribution in [0.2, 0.25) is 0 Å². The minimum absolute atomic E-state index is 0.366. The molecule has 0 amide bonds. The molecule has 3 heteroatoms. The van der Waals surface area contributed by atoms with Gasteiger partial charge in [-0.15, -0.1) is 0 Å². The van der Waals surface area contributed by atoms with Crippen LogP contribution < -0.4 is 5.73 Å². The van der Waals surface area contributed by atoms with Crippen LogP contribution in [0.4, 0.5) is 0 Å². The zero-order chi connectivity index (χ0) is 11.3. The maximum absolute atomic E-state index is 11.1. The zero-order valence-corrected chi connectivity index (χ0v) is 9.19. The lowest BCUT2D eigenvalue weighted by atomic mass is 10.0. The summed E-state index contributed by atoms with van der Waals surface area (Å²) >= 11 is 0. The van der Waals surface area contributed by atoms with Crippen molar-refractivity contribution < 1.29 is 9.53 Å². The molecule has 0 aliphatic carbocycles. The first-order valence-electron chi connectivity index (χ1n) is 5.08. The number of esters is 1. The normalized spacial score (nSPS) is 12.2. The molecule has 0 fully saturated rings. The summed E-state index contributed by atoms with van der Waals surface area (Å²) in [5.74, 6) is -0.366. The summed E-state index contributed by atoms with van der Waals surface area (Å²) in [4.78, 5) is 11.1. The van der Waals surface area contributed by atoms with E-state index in [2.05, 4.69) is 23.8 Å². The van der Waals surface area contributed by atoms with E-state index in [9.17, 15) is 4.79 Å². The van der Waals surface area contributed by atoms with Crippen LogP contribution in [0.15, 0.2) is 24.3 Å². The maximum atomic E-state index is 11.1. The second-order valence-electron chi connectivity index (χ2n) is 3.50. The highest BCUT2D eigenvalue weighted by Gasteiger charge is 2.13. The number of rotatable bonds is 4. The molecule has 2 N–H and O–H groups in total. The largest absolute Gasteiger partial charge is 0.468 e. The summed E-state index contributed by atoms with van der Waals surface area (Å²) in [6.07, 6.45) is 1.54. The minimum Gasteiger partial charge on any atom is -0.468 e. The van der Waals surface area contributed by atoms with E-state index in [1.807, 2.05) is 12.1 Å². The third-order valence-corrected chi connectivity index (χ3v) is 2.39. The van der Waals surface area contributed by atoms with Crippen LogP contribution in [0.1, 0.15) is 18.1 Å². The van der Waals surface area contributed by atoms with E-state index in [-0.39, 0.29) is 5.97 Å². The van der Waals surface area contributed by atoms with Gasteiger partial charge < -0.3 is 10.5 Å². The number of hydrogen-bond acceptors (Lipinski definition) is 3. The van der Waals surface area contributed by atoms with E-state index in [1.165, 1.54) is 12.7 Å². The SMILES string of the molecule is CCc1ccc(C[C@@H](N)C(=O)OC)cc1. The molecule has 0 saturated heterocycles. The summed E-state index contributed by atoms with van der Waals surface area (Å²) in [6.45, 7) is 2.11. The molecule has 1 atom stereocenters. The van der Waals surface area contributed by atoms with Gasteiger partial charge >= 0.3 is 5.97 Å². The van der Waals surface area contributed by atoms with Crippen molar-refractivity contribution >= 4 is 5.97 Å². The number of aryl methyl sites for hydroxylation is 1. The highest BCUT2D eigenvalue weighted by atomic mass is 16.5. The Balaban J connectivity index is 2.60. The van der Waals surface area contributed by atoms with Gasteiger partial charge in [0.2, 0.25) is 0 Å². The smallest absolute Gasteiger partial charge is 0.322 e. The Kier molecular flexibility index (Phi) is 4.31. The summed E-state index contributed by atoms with van der Waals surface area (Å²) < 4.78 is 4.57. The monoisotopic (exact) mass is 207 g/mol. The summed E-state index contributed by atoms with van der Waals surface area (Å²) in [6, 6.07) is 7.55. The Hall–Kier alpha value is -1.35. The van der Waals surface area contributed by atoms with Crippen molar-refractivity contribution in [1.82, 2.24) is 0 Å². The van der Waals surface area contributed by atoms with Gasteiger partial charge in [-0.3, -0.25) is 4.79 Å². The molecule has 1 aromatic carbocycles. The van der Waals surface area contributed by atoms with Gasteiger partial charge in [0.15, 0.2) is 0 Å². The molecule has 0 aliphatic heterocycles. The van der Waals surface area contributed by atoms with Gasteiger partial charge in [-0.25, -0.2) is 0 Å². The average Bonchev–Trinajstić information content (AvgIpc) is 2.29. The molecular weight excluding hydrogens is 190 g/mol. The summed E-state index contributed by atoms with van der Waals surface area (Å²) in [7, 11) is 1.35. The van der Waals surface area contributed by atoms with E-state index < -0.39 is 6.04 Å². The molecule has 0 spiro atoms. The Morgan fingerprint density at radius 1 is 1.33 bits per heavy atom. The molecule has 0 bridgehead atoms. The number of hydrogen-bond donors (Lipinski definition) is 1. The third kappa shape index (κ3) is 3.36. The lowest BCUT2D eigenvalue weighted by molar-refractivity contribution is -0.142. The van der Waals surface area contributed by atoms with Crippen LogP contribution >= 0.6 is 0 Å². The highest BCUT2D eigenvalue weighted by molar-refractivity contribution is 5.75. The van der Waals surface area contributed by atoms with Crippen LogP contribution in [0.3, 0.4) is 0 Å². The van der Waals surface area contributed by atoms with Crippen LogP contribution in [0, 0.1) is 0 Å². The molecule has 0 aromatic heterocycles. The number of carbonyl (C=O) groups excluding carboxylic acids is 1. The van der Waals surface area contributed by atoms with E-state index >= 15 is 0 Å². The molecule has 0 saturated carbocycles. The quantitative estimate of drug-likeness (QED) is 0.757. The van der Waals surface area contributed by atoms with E-state index in [0.29, 0.717) is 6.42 Å². The fourth-order valence-corrected chi connectivity index (χ4v) is 1.40. The molecule has 0 heterocycles. The number of carbonyl (C=O) groups is 1. The van der Waals surface area contributed by atoms with Crippen LogP contribution in [0.5, 0.6) is 0 Å². The lowest BCUT2D eigenvalue weighted by Crippen LogP contribution is -2.33. The minimum atomic E-state index is -0.567. The molecule has 82 valence electrons. The first-order chi connectivity index (χ1) is 7.17. The molecule has 3 nitrogen and oxygen atoms in total. The number of methoxy groups -OCH3 is 1. The molecular formula is C12H17NO2. The number of ether oxygens (including phenoxy) is 1. The van der Waals surface area contributed by atoms with Crippen molar-refractivity contribution in [1.29, 1.82) is 0 Å². The second kappa shape index (κ2) is 5.51. The van der Waals surface area contributed by atoms with Crippen molar-refractivity contribution in [3.8, 4) is 0 Å². The lowest BCUT2D eigenvalue weighted by Gasteiger charge is -2.09. The van der Waals surface area contributed by atoms with Crippen molar-refractivity contribution in [2.45, 2.75) is 25.8 Å². The van der Waals surface area contributed by atoms with Gasteiger partial charge in [-0.05, 0) is 24.0 Å². The van der Waals surface area contributed by atoms with E-state index in [4.69, 9.17) is 5.73 Å². The Morgan fingerprint density at radius 3 is 2.33 bits per heavy atom. The van der Waals surface area contributed by atoms with Gasteiger partial charge in [0.1, 0.15) is 6.04 Å². The molecule has 0 radical (unpaired) electrons. The summed E-state index contributed by atoms with van der Waals surface area (Å²) in [5, 5.41) is 0. The first kappa shape index (κ1) is 11.7. The molecule has 1 rings (SSSR count). The fraction of sp³-hybridized carbons (Fsp3) is 0.417. The van der Waals surface area contributed by atoms with Crippen LogP contribution in [-0.2, 0) is 22.4 Å². The van der Waals surface area contributed by atoms with E-state index in [1.54, 1.807) is 0 Å². The van der Waals surface area contributed by atoms with Gasteiger partial charge in [0.05, 0.1) is 7.11 Å². The molecule has 1 aromatic rings. The van der Waals surface area contributed by atoms with Crippen LogP contribution in [-0.4, -0.2) is 19.1 Å². The first-order valence-corrected chi connectivity index (χ1v) is 5.08. The fourth-order valence-electron chi connectivity index (χ4n) is 1.40. The van der Waals surface area contributed by atoms with Gasteiger partial charge in [0, 0.05) is 0 Å². The van der Waals surface area contributed by atoms with Crippen molar-refractivity contribution in [3.63, 3.8) is 0 Å². The average molecular weight is 207 g/mol. The Morgan fingerprint density at radius 2 is 1.87 bits per heavy atom. The predicted molar refractivity (Wildman–Crippen MR) is 59.5 cm³/mol. The molecule has 0 aliphatic rings. The number of benzene rings is 1. The van der Waals surface area contributed by atoms with Gasteiger partial charge in [-0.2, -0.15) is 0 Å². The van der Waals surface area contributed by atoms with E-state index in [0.717, 1.165) is 12.0 Å². The maximum Gasteiger partial charge on any atom is 0.322 e.